The van der Waals surface area contributed by atoms with E-state index in [9.17, 15) is 15.2 Å². The number of hydrogen-bond acceptors (Lipinski definition) is 4. The second kappa shape index (κ2) is 14.3. The lowest BCUT2D eigenvalue weighted by Gasteiger charge is -2.34. The lowest BCUT2D eigenvalue weighted by molar-refractivity contribution is -0.132. The Labute approximate surface area is 283 Å². The normalized spacial score (nSPS) is 18.0. The molecular weight excluding hydrogens is 590 g/mol. The minimum absolute atomic E-state index is 0.117. The predicted octanol–water partition coefficient (Wildman–Crippen LogP) is 10.8. The quantitative estimate of drug-likeness (QED) is 0.147. The molecule has 5 heteroatoms. The van der Waals surface area contributed by atoms with Crippen molar-refractivity contribution in [2.45, 2.75) is 39.2 Å². The molecule has 2 aliphatic rings. The van der Waals surface area contributed by atoms with Gasteiger partial charge in [0.15, 0.2) is 0 Å². The molecular formula is C43H39N3O2. The van der Waals surface area contributed by atoms with Gasteiger partial charge in [0.1, 0.15) is 11.6 Å². The second-order valence-electron chi connectivity index (χ2n) is 13.0. The fraction of sp³-hybridized carbons (Fsp3) is 0.163. The predicted molar refractivity (Wildman–Crippen MR) is 196 cm³/mol. The maximum absolute atomic E-state index is 11.7. The first-order chi connectivity index (χ1) is 23.3. The Morgan fingerprint density at radius 3 is 1.81 bits per heavy atom. The Hall–Kier alpha value is -5.86. The molecule has 4 aromatic rings. The number of nitrogens with zero attached hydrogens (tertiary/aromatic N) is 3. The van der Waals surface area contributed by atoms with E-state index in [4.69, 9.17) is 0 Å². The summed E-state index contributed by atoms with van der Waals surface area (Å²) < 4.78 is 0. The van der Waals surface area contributed by atoms with Crippen LogP contribution in [0.5, 0.6) is 0 Å². The van der Waals surface area contributed by atoms with E-state index in [0.717, 1.165) is 52.4 Å². The van der Waals surface area contributed by atoms with Gasteiger partial charge in [-0.05, 0) is 102 Å². The van der Waals surface area contributed by atoms with Crippen LogP contribution in [0.3, 0.4) is 0 Å². The monoisotopic (exact) mass is 629 g/mol. The highest BCUT2D eigenvalue weighted by Crippen LogP contribution is 2.40. The van der Waals surface area contributed by atoms with Gasteiger partial charge in [0.05, 0.1) is 6.04 Å². The van der Waals surface area contributed by atoms with Crippen LogP contribution in [0.4, 0.5) is 28.4 Å². The van der Waals surface area contributed by atoms with Gasteiger partial charge in [-0.3, -0.25) is 0 Å². The van der Waals surface area contributed by atoms with Crippen molar-refractivity contribution in [2.75, 3.05) is 9.80 Å². The summed E-state index contributed by atoms with van der Waals surface area (Å²) in [5.74, 6) is -1.17. The number of allylic oxidation sites excluding steroid dienone is 7. The molecule has 1 N–H and O–H groups in total. The zero-order chi connectivity index (χ0) is 33.5. The zero-order valence-corrected chi connectivity index (χ0v) is 27.3. The number of carboxylic acid groups (broad SMARTS) is 1. The average Bonchev–Trinajstić information content (AvgIpc) is 3.10. The van der Waals surface area contributed by atoms with E-state index in [0.29, 0.717) is 12.0 Å². The van der Waals surface area contributed by atoms with Crippen LogP contribution in [0, 0.1) is 16.7 Å². The van der Waals surface area contributed by atoms with Crippen molar-refractivity contribution >= 4 is 34.4 Å². The van der Waals surface area contributed by atoms with Crippen LogP contribution in [0.25, 0.3) is 0 Å². The molecule has 238 valence electrons. The maximum Gasteiger partial charge on any atom is 0.346 e. The Kier molecular flexibility index (Phi) is 9.55. The molecule has 0 fully saturated rings. The van der Waals surface area contributed by atoms with Gasteiger partial charge in [-0.2, -0.15) is 5.26 Å². The van der Waals surface area contributed by atoms with E-state index < -0.39 is 5.97 Å². The number of rotatable bonds is 9. The van der Waals surface area contributed by atoms with Gasteiger partial charge in [0.2, 0.25) is 0 Å². The van der Waals surface area contributed by atoms with Gasteiger partial charge in [-0.1, -0.05) is 105 Å². The molecule has 0 saturated heterocycles. The standard InChI is InChI=1S/C43H39N3O2/c1-43(2)29-33(28-34(30-43)41(31-44)42(47)48)19-18-32-20-22-38(23-21-32)46(37-16-10-5-11-17-37)40-26-24-39(25-27-40)45(35-12-6-3-7-13-35)36-14-8-4-9-15-36/h3-22,24-28,38H,23,29-30H2,1-2H3,(H,47,48)/b19-18+,41-34-. The van der Waals surface area contributed by atoms with Crippen molar-refractivity contribution in [3.05, 3.63) is 174 Å². The zero-order valence-electron chi connectivity index (χ0n) is 27.3. The van der Waals surface area contributed by atoms with Gasteiger partial charge in [-0.25, -0.2) is 4.79 Å². The number of benzene rings is 4. The third-order valence-electron chi connectivity index (χ3n) is 8.73. The molecule has 0 bridgehead atoms. The SMILES string of the molecule is CC1(C)CC(/C=C/C2=CCC(N(c3ccccc3)c3ccc(N(c4ccccc4)c4ccccc4)cc3)C=C2)=CC(=C(\C#N)C(=O)O)/C1. The number of nitriles is 1. The third kappa shape index (κ3) is 7.40. The molecule has 2 aliphatic carbocycles. The van der Waals surface area contributed by atoms with Crippen molar-refractivity contribution < 1.29 is 9.90 Å². The molecule has 1 unspecified atom stereocenters. The van der Waals surface area contributed by atoms with E-state index in [2.05, 4.69) is 151 Å². The topological polar surface area (TPSA) is 67.6 Å². The minimum Gasteiger partial charge on any atom is -0.477 e. The molecule has 0 heterocycles. The van der Waals surface area contributed by atoms with Gasteiger partial charge < -0.3 is 14.9 Å². The first kappa shape index (κ1) is 32.1. The number of carboxylic acids is 1. The highest BCUT2D eigenvalue weighted by atomic mass is 16.4. The number of aliphatic carboxylic acids is 1. The summed E-state index contributed by atoms with van der Waals surface area (Å²) in [5.41, 5.74) is 7.93. The molecule has 4 aromatic carbocycles. The van der Waals surface area contributed by atoms with E-state index in [-0.39, 0.29) is 17.0 Å². The molecule has 0 aliphatic heterocycles. The van der Waals surface area contributed by atoms with Crippen molar-refractivity contribution in [3.8, 4) is 6.07 Å². The lowest BCUT2D eigenvalue weighted by atomic mass is 9.74. The summed E-state index contributed by atoms with van der Waals surface area (Å²) >= 11 is 0. The largest absolute Gasteiger partial charge is 0.477 e. The molecule has 6 rings (SSSR count). The van der Waals surface area contributed by atoms with Crippen molar-refractivity contribution in [1.82, 2.24) is 0 Å². The van der Waals surface area contributed by atoms with E-state index in [1.165, 1.54) is 0 Å². The van der Waals surface area contributed by atoms with Crippen LogP contribution in [0.1, 0.15) is 33.1 Å². The molecule has 48 heavy (non-hydrogen) atoms. The number of hydrogen-bond donors (Lipinski definition) is 1. The summed E-state index contributed by atoms with van der Waals surface area (Å²) in [5, 5.41) is 19.0. The first-order valence-corrected chi connectivity index (χ1v) is 16.3. The first-order valence-electron chi connectivity index (χ1n) is 16.3. The number of para-hydroxylation sites is 3. The van der Waals surface area contributed by atoms with Crippen molar-refractivity contribution in [1.29, 1.82) is 5.26 Å². The van der Waals surface area contributed by atoms with Crippen LogP contribution in [0.2, 0.25) is 0 Å². The lowest BCUT2D eigenvalue weighted by Crippen LogP contribution is -2.30. The van der Waals surface area contributed by atoms with Crippen LogP contribution in [0.15, 0.2) is 174 Å². The Morgan fingerprint density at radius 1 is 0.771 bits per heavy atom. The fourth-order valence-corrected chi connectivity index (χ4v) is 6.61. The number of anilines is 5. The van der Waals surface area contributed by atoms with E-state index in [1.54, 1.807) is 0 Å². The molecule has 0 radical (unpaired) electrons. The molecule has 0 amide bonds. The average molecular weight is 630 g/mol. The molecule has 5 nitrogen and oxygen atoms in total. The van der Waals surface area contributed by atoms with E-state index in [1.807, 2.05) is 30.3 Å². The fourth-order valence-electron chi connectivity index (χ4n) is 6.61. The van der Waals surface area contributed by atoms with Gasteiger partial charge in [0, 0.05) is 28.4 Å². The van der Waals surface area contributed by atoms with Crippen molar-refractivity contribution in [3.63, 3.8) is 0 Å². The molecule has 0 saturated carbocycles. The van der Waals surface area contributed by atoms with Gasteiger partial charge >= 0.3 is 5.97 Å². The second-order valence-corrected chi connectivity index (χ2v) is 13.0. The highest BCUT2D eigenvalue weighted by molar-refractivity contribution is 5.92. The van der Waals surface area contributed by atoms with Crippen LogP contribution in [-0.4, -0.2) is 17.1 Å². The molecule has 1 atom stereocenters. The molecule has 0 spiro atoms. The molecule has 0 aromatic heterocycles. The summed E-state index contributed by atoms with van der Waals surface area (Å²) in [6.07, 6.45) is 14.9. The minimum atomic E-state index is -1.17. The van der Waals surface area contributed by atoms with Crippen LogP contribution in [-0.2, 0) is 4.79 Å². The summed E-state index contributed by atoms with van der Waals surface area (Å²) in [6, 6.07) is 42.1. The summed E-state index contributed by atoms with van der Waals surface area (Å²) in [4.78, 5) is 16.3. The highest BCUT2D eigenvalue weighted by Gasteiger charge is 2.28. The van der Waals surface area contributed by atoms with Crippen molar-refractivity contribution in [2.24, 2.45) is 5.41 Å². The summed E-state index contributed by atoms with van der Waals surface area (Å²) in [6.45, 7) is 4.22. The maximum atomic E-state index is 11.7. The smallest absolute Gasteiger partial charge is 0.346 e. The Morgan fingerprint density at radius 2 is 1.29 bits per heavy atom. The third-order valence-corrected chi connectivity index (χ3v) is 8.73. The Bertz CT molecular complexity index is 1910. The van der Waals surface area contributed by atoms with E-state index >= 15 is 0 Å². The van der Waals surface area contributed by atoms with Gasteiger partial charge in [0.25, 0.3) is 0 Å². The Balaban J connectivity index is 1.25. The summed E-state index contributed by atoms with van der Waals surface area (Å²) in [7, 11) is 0. The number of carbonyl (C=O) groups is 1. The van der Waals surface area contributed by atoms with Gasteiger partial charge in [-0.15, -0.1) is 0 Å². The van der Waals surface area contributed by atoms with Crippen LogP contribution < -0.4 is 9.80 Å². The van der Waals surface area contributed by atoms with Crippen LogP contribution >= 0.6 is 0 Å².